The third kappa shape index (κ3) is 2.05. The van der Waals surface area contributed by atoms with Crippen LogP contribution in [0.4, 0.5) is 5.82 Å². The van der Waals surface area contributed by atoms with Gasteiger partial charge in [0.15, 0.2) is 0 Å². The van der Waals surface area contributed by atoms with E-state index in [4.69, 9.17) is 5.73 Å². The summed E-state index contributed by atoms with van der Waals surface area (Å²) in [5.74, 6) is 0.477. The van der Waals surface area contributed by atoms with Crippen LogP contribution in [0.3, 0.4) is 0 Å². The van der Waals surface area contributed by atoms with E-state index in [1.165, 1.54) is 0 Å². The van der Waals surface area contributed by atoms with Gasteiger partial charge in [-0.3, -0.25) is 14.3 Å². The van der Waals surface area contributed by atoms with Gasteiger partial charge in [-0.05, 0) is 41.6 Å². The van der Waals surface area contributed by atoms with E-state index in [2.05, 4.69) is 4.98 Å². The first-order valence-corrected chi connectivity index (χ1v) is 6.44. The highest BCUT2D eigenvalue weighted by Gasteiger charge is 2.08. The standard InChI is InChI=1S/C16H15N3O/c1-11-9-18-7-6-13(11)10-19-15(17)8-12-4-2-3-5-14(12)16(19)20/h2-9H,10,17H2,1H3. The third-order valence-electron chi connectivity index (χ3n) is 3.52. The molecule has 0 atom stereocenters. The highest BCUT2D eigenvalue weighted by Crippen LogP contribution is 2.15. The first-order valence-electron chi connectivity index (χ1n) is 6.44. The smallest absolute Gasteiger partial charge is 0.260 e. The molecule has 0 fully saturated rings. The molecule has 2 aromatic heterocycles. The fourth-order valence-electron chi connectivity index (χ4n) is 2.33. The maximum Gasteiger partial charge on any atom is 0.260 e. The summed E-state index contributed by atoms with van der Waals surface area (Å²) in [6.07, 6.45) is 3.52. The molecule has 4 nitrogen and oxygen atoms in total. The largest absolute Gasteiger partial charge is 0.385 e. The van der Waals surface area contributed by atoms with Gasteiger partial charge < -0.3 is 5.73 Å². The van der Waals surface area contributed by atoms with Crippen LogP contribution >= 0.6 is 0 Å². The van der Waals surface area contributed by atoms with Gasteiger partial charge in [-0.1, -0.05) is 18.2 Å². The number of nitrogen functional groups attached to an aromatic ring is 1. The van der Waals surface area contributed by atoms with Gasteiger partial charge in [0.1, 0.15) is 5.82 Å². The number of aromatic nitrogens is 2. The van der Waals surface area contributed by atoms with Crippen LogP contribution in [0.15, 0.2) is 53.6 Å². The van der Waals surface area contributed by atoms with Crippen LogP contribution in [-0.4, -0.2) is 9.55 Å². The van der Waals surface area contributed by atoms with E-state index in [-0.39, 0.29) is 5.56 Å². The van der Waals surface area contributed by atoms with Crippen molar-refractivity contribution in [2.24, 2.45) is 0 Å². The van der Waals surface area contributed by atoms with Gasteiger partial charge in [0.25, 0.3) is 5.56 Å². The van der Waals surface area contributed by atoms with E-state index in [9.17, 15) is 4.79 Å². The van der Waals surface area contributed by atoms with Crippen molar-refractivity contribution in [1.29, 1.82) is 0 Å². The van der Waals surface area contributed by atoms with Gasteiger partial charge >= 0.3 is 0 Å². The molecule has 4 heteroatoms. The van der Waals surface area contributed by atoms with Crippen LogP contribution < -0.4 is 11.3 Å². The van der Waals surface area contributed by atoms with E-state index in [1.807, 2.05) is 43.3 Å². The molecular weight excluding hydrogens is 250 g/mol. The topological polar surface area (TPSA) is 60.9 Å². The maximum absolute atomic E-state index is 12.5. The Labute approximate surface area is 116 Å². The number of rotatable bonds is 2. The zero-order chi connectivity index (χ0) is 14.1. The molecule has 2 heterocycles. The molecule has 0 spiro atoms. The molecule has 100 valence electrons. The normalized spacial score (nSPS) is 10.8. The molecule has 3 aromatic rings. The lowest BCUT2D eigenvalue weighted by atomic mass is 10.1. The summed E-state index contributed by atoms with van der Waals surface area (Å²) in [6, 6.07) is 11.2. The number of aryl methyl sites for hydroxylation is 1. The van der Waals surface area contributed by atoms with Crippen molar-refractivity contribution in [2.45, 2.75) is 13.5 Å². The van der Waals surface area contributed by atoms with Gasteiger partial charge in [-0.15, -0.1) is 0 Å². The highest BCUT2D eigenvalue weighted by molar-refractivity contribution is 5.83. The minimum atomic E-state index is -0.0585. The highest BCUT2D eigenvalue weighted by atomic mass is 16.1. The number of nitrogens with two attached hydrogens (primary N) is 1. The number of anilines is 1. The third-order valence-corrected chi connectivity index (χ3v) is 3.52. The van der Waals surface area contributed by atoms with Crippen molar-refractivity contribution in [2.75, 3.05) is 5.73 Å². The average molecular weight is 265 g/mol. The van der Waals surface area contributed by atoms with Crippen molar-refractivity contribution in [3.8, 4) is 0 Å². The molecule has 0 aliphatic heterocycles. The second-order valence-corrected chi connectivity index (χ2v) is 4.85. The van der Waals surface area contributed by atoms with Crippen LogP contribution in [0.25, 0.3) is 10.8 Å². The zero-order valence-corrected chi connectivity index (χ0v) is 11.2. The number of pyridine rings is 2. The number of hydrogen-bond acceptors (Lipinski definition) is 3. The molecule has 0 unspecified atom stereocenters. The molecule has 0 radical (unpaired) electrons. The fraction of sp³-hybridized carbons (Fsp3) is 0.125. The van der Waals surface area contributed by atoms with Crippen LogP contribution in [0.5, 0.6) is 0 Å². The summed E-state index contributed by atoms with van der Waals surface area (Å²) in [5, 5.41) is 1.56. The lowest BCUT2D eigenvalue weighted by Gasteiger charge is -2.12. The molecular formula is C16H15N3O. The Hall–Kier alpha value is -2.62. The van der Waals surface area contributed by atoms with Gasteiger partial charge in [0.2, 0.25) is 0 Å². The molecule has 0 amide bonds. The predicted octanol–water partition coefficient (Wildman–Crippen LogP) is 2.34. The number of nitrogens with zero attached hydrogens (tertiary/aromatic N) is 2. The Morgan fingerprint density at radius 2 is 2.05 bits per heavy atom. The van der Waals surface area contributed by atoms with Crippen LogP contribution in [0, 0.1) is 6.92 Å². The van der Waals surface area contributed by atoms with Crippen molar-refractivity contribution >= 4 is 16.6 Å². The summed E-state index contributed by atoms with van der Waals surface area (Å²) in [7, 11) is 0. The average Bonchev–Trinajstić information content (AvgIpc) is 2.45. The second kappa shape index (κ2) is 4.81. The van der Waals surface area contributed by atoms with Gasteiger partial charge in [-0.2, -0.15) is 0 Å². The van der Waals surface area contributed by atoms with Crippen molar-refractivity contribution in [3.63, 3.8) is 0 Å². The molecule has 0 saturated heterocycles. The summed E-state index contributed by atoms with van der Waals surface area (Å²) in [6.45, 7) is 2.44. The van der Waals surface area contributed by atoms with E-state index < -0.39 is 0 Å². The van der Waals surface area contributed by atoms with Gasteiger partial charge in [-0.25, -0.2) is 0 Å². The summed E-state index contributed by atoms with van der Waals surface area (Å²) in [4.78, 5) is 16.6. The fourth-order valence-corrected chi connectivity index (χ4v) is 2.33. The Morgan fingerprint density at radius 1 is 1.25 bits per heavy atom. The minimum Gasteiger partial charge on any atom is -0.385 e. The van der Waals surface area contributed by atoms with E-state index in [0.717, 1.165) is 16.5 Å². The lowest BCUT2D eigenvalue weighted by Crippen LogP contribution is -2.23. The molecule has 0 bridgehead atoms. The maximum atomic E-state index is 12.5. The molecule has 2 N–H and O–H groups in total. The number of fused-ring (bicyclic) bond motifs is 1. The first kappa shape index (κ1) is 12.4. The van der Waals surface area contributed by atoms with E-state index in [0.29, 0.717) is 17.7 Å². The number of benzene rings is 1. The quantitative estimate of drug-likeness (QED) is 0.773. The summed E-state index contributed by atoms with van der Waals surface area (Å²) < 4.78 is 1.60. The predicted molar refractivity (Wildman–Crippen MR) is 80.7 cm³/mol. The van der Waals surface area contributed by atoms with Crippen molar-refractivity contribution in [3.05, 3.63) is 70.3 Å². The zero-order valence-electron chi connectivity index (χ0n) is 11.2. The molecule has 0 saturated carbocycles. The van der Waals surface area contributed by atoms with Gasteiger partial charge in [0.05, 0.1) is 6.54 Å². The van der Waals surface area contributed by atoms with Crippen LogP contribution in [0.1, 0.15) is 11.1 Å². The SMILES string of the molecule is Cc1cnccc1Cn1c(N)cc2ccccc2c1=O. The van der Waals surface area contributed by atoms with Gasteiger partial charge in [0, 0.05) is 17.8 Å². The Kier molecular flexibility index (Phi) is 2.99. The Bertz CT molecular complexity index is 836. The molecule has 1 aromatic carbocycles. The molecule has 0 aliphatic carbocycles. The van der Waals surface area contributed by atoms with Crippen LogP contribution in [0.2, 0.25) is 0 Å². The Morgan fingerprint density at radius 3 is 2.85 bits per heavy atom. The molecule has 3 rings (SSSR count). The second-order valence-electron chi connectivity index (χ2n) is 4.85. The van der Waals surface area contributed by atoms with E-state index in [1.54, 1.807) is 17.0 Å². The first-order chi connectivity index (χ1) is 9.66. The lowest BCUT2D eigenvalue weighted by molar-refractivity contribution is 0.774. The Balaban J connectivity index is 2.17. The number of hydrogen-bond donors (Lipinski definition) is 1. The van der Waals surface area contributed by atoms with Crippen molar-refractivity contribution < 1.29 is 0 Å². The van der Waals surface area contributed by atoms with Crippen molar-refractivity contribution in [1.82, 2.24) is 9.55 Å². The minimum absolute atomic E-state index is 0.0585. The molecule has 0 aliphatic rings. The van der Waals surface area contributed by atoms with Crippen LogP contribution in [-0.2, 0) is 6.54 Å². The summed E-state index contributed by atoms with van der Waals surface area (Å²) in [5.41, 5.74) is 8.07. The molecule has 20 heavy (non-hydrogen) atoms. The van der Waals surface area contributed by atoms with E-state index >= 15 is 0 Å². The monoisotopic (exact) mass is 265 g/mol. The summed E-state index contributed by atoms with van der Waals surface area (Å²) >= 11 is 0.